The van der Waals surface area contributed by atoms with Crippen molar-refractivity contribution in [1.29, 1.82) is 0 Å². The third-order valence-corrected chi connectivity index (χ3v) is 5.71. The number of halogens is 3. The monoisotopic (exact) mass is 455 g/mol. The molecule has 2 unspecified atom stereocenters. The second-order valence-corrected chi connectivity index (χ2v) is 9.52. The van der Waals surface area contributed by atoms with Gasteiger partial charge in [-0.3, -0.25) is 0 Å². The summed E-state index contributed by atoms with van der Waals surface area (Å²) in [6.45, 7) is 6.79. The van der Waals surface area contributed by atoms with Gasteiger partial charge in [0.15, 0.2) is 5.69 Å². The lowest BCUT2D eigenvalue weighted by atomic mass is 9.84. The van der Waals surface area contributed by atoms with Gasteiger partial charge in [-0.15, -0.1) is 0 Å². The van der Waals surface area contributed by atoms with E-state index < -0.39 is 23.6 Å². The number of nitrogens with one attached hydrogen (secondary N) is 1. The number of nitrogens with zero attached hydrogens (tertiary/aromatic N) is 4. The zero-order chi connectivity index (χ0) is 23.4. The zero-order valence-electron chi connectivity index (χ0n) is 18.9. The molecule has 0 spiro atoms. The Morgan fingerprint density at radius 2 is 1.91 bits per heavy atom. The van der Waals surface area contributed by atoms with Crippen LogP contribution in [-0.4, -0.2) is 53.1 Å². The second-order valence-electron chi connectivity index (χ2n) is 9.52. The Morgan fingerprint density at radius 1 is 1.16 bits per heavy atom. The highest BCUT2D eigenvalue weighted by atomic mass is 19.4. The Bertz CT molecular complexity index is 792. The Kier molecular flexibility index (Phi) is 7.74. The van der Waals surface area contributed by atoms with Crippen LogP contribution < -0.4 is 10.2 Å². The lowest BCUT2D eigenvalue weighted by Gasteiger charge is -2.38. The van der Waals surface area contributed by atoms with Gasteiger partial charge in [-0.25, -0.2) is 14.8 Å². The van der Waals surface area contributed by atoms with Crippen molar-refractivity contribution in [2.24, 2.45) is 10.9 Å². The topological polar surface area (TPSA) is 79.7 Å². The van der Waals surface area contributed by atoms with E-state index in [1.54, 1.807) is 27.0 Å². The third-order valence-electron chi connectivity index (χ3n) is 5.71. The van der Waals surface area contributed by atoms with Crippen LogP contribution in [0, 0.1) is 5.92 Å². The standard InChI is InChI=1S/C22H32F3N5O2/c1-21(2,3)32-20(31)28-11-15-7-4-5-9-17(15)29-16-8-6-10-30(14-16)19-13-26-18(12-27-19)22(23,24)25/h11-13,15-17,29H,4-10,14H2,1-3H3/t15?,16?,17-/m1/s1. The summed E-state index contributed by atoms with van der Waals surface area (Å²) >= 11 is 0. The molecule has 1 saturated carbocycles. The fourth-order valence-electron chi connectivity index (χ4n) is 4.24. The molecule has 0 aromatic carbocycles. The van der Waals surface area contributed by atoms with Gasteiger partial charge in [-0.1, -0.05) is 12.8 Å². The molecule has 0 bridgehead atoms. The summed E-state index contributed by atoms with van der Waals surface area (Å²) in [6.07, 6.45) is 4.63. The largest absolute Gasteiger partial charge is 0.442 e. The Balaban J connectivity index is 1.59. The molecule has 32 heavy (non-hydrogen) atoms. The molecule has 7 nitrogen and oxygen atoms in total. The summed E-state index contributed by atoms with van der Waals surface area (Å²) in [5.41, 5.74) is -1.56. The van der Waals surface area contributed by atoms with Gasteiger partial charge in [-0.05, 0) is 46.5 Å². The van der Waals surface area contributed by atoms with E-state index in [0.717, 1.165) is 51.3 Å². The fourth-order valence-corrected chi connectivity index (χ4v) is 4.24. The SMILES string of the molecule is CC(C)(C)OC(=O)N=CC1CCCC[C@H]1NC1CCCN(c2cnc(C(F)(F)F)cn2)C1. The van der Waals surface area contributed by atoms with Crippen LogP contribution in [0.25, 0.3) is 0 Å². The van der Waals surface area contributed by atoms with Crippen molar-refractivity contribution < 1.29 is 22.7 Å². The molecule has 1 saturated heterocycles. The average molecular weight is 456 g/mol. The molecule has 2 fully saturated rings. The summed E-state index contributed by atoms with van der Waals surface area (Å²) in [5, 5.41) is 3.70. The maximum atomic E-state index is 12.7. The van der Waals surface area contributed by atoms with E-state index in [1.807, 2.05) is 4.90 Å². The van der Waals surface area contributed by atoms with Gasteiger partial charge >= 0.3 is 12.3 Å². The predicted octanol–water partition coefficient (Wildman–Crippen LogP) is 4.62. The number of aliphatic imine (C=N–C) groups is 1. The molecule has 0 radical (unpaired) electrons. The zero-order valence-corrected chi connectivity index (χ0v) is 18.9. The van der Waals surface area contributed by atoms with Gasteiger partial charge in [-0.2, -0.15) is 18.2 Å². The number of aromatic nitrogens is 2. The summed E-state index contributed by atoms with van der Waals surface area (Å²) < 4.78 is 43.5. The Morgan fingerprint density at radius 3 is 2.56 bits per heavy atom. The maximum Gasteiger partial charge on any atom is 0.434 e. The molecular formula is C22H32F3N5O2. The van der Waals surface area contributed by atoms with E-state index in [1.165, 1.54) is 6.20 Å². The minimum absolute atomic E-state index is 0.137. The number of rotatable bonds is 4. The number of alkyl halides is 3. The normalized spacial score (nSPS) is 25.2. The molecule has 1 aromatic heterocycles. The number of carbonyl (C=O) groups excluding carboxylic acids is 1. The summed E-state index contributed by atoms with van der Waals surface area (Å²) in [6, 6.07) is 0.368. The van der Waals surface area contributed by atoms with Crippen LogP contribution in [0.2, 0.25) is 0 Å². The van der Waals surface area contributed by atoms with Gasteiger partial charge in [0.05, 0.1) is 12.4 Å². The highest BCUT2D eigenvalue weighted by Gasteiger charge is 2.33. The van der Waals surface area contributed by atoms with Crippen LogP contribution in [0.15, 0.2) is 17.4 Å². The van der Waals surface area contributed by atoms with Crippen LogP contribution in [0.1, 0.15) is 65.0 Å². The summed E-state index contributed by atoms with van der Waals surface area (Å²) in [4.78, 5) is 25.5. The number of ether oxygens (including phenoxy) is 1. The number of hydrogen-bond donors (Lipinski definition) is 1. The average Bonchev–Trinajstić information content (AvgIpc) is 2.72. The maximum absolute atomic E-state index is 12.7. The molecule has 1 aliphatic heterocycles. The van der Waals surface area contributed by atoms with Crippen LogP contribution in [-0.2, 0) is 10.9 Å². The van der Waals surface area contributed by atoms with Crippen molar-refractivity contribution in [3.8, 4) is 0 Å². The first-order chi connectivity index (χ1) is 15.0. The quantitative estimate of drug-likeness (QED) is 0.668. The number of carbonyl (C=O) groups is 1. The van der Waals surface area contributed by atoms with Crippen molar-refractivity contribution in [3.63, 3.8) is 0 Å². The second kappa shape index (κ2) is 10.1. The van der Waals surface area contributed by atoms with E-state index in [9.17, 15) is 18.0 Å². The highest BCUT2D eigenvalue weighted by molar-refractivity contribution is 5.80. The molecular weight excluding hydrogens is 423 g/mol. The molecule has 1 aromatic rings. The van der Waals surface area contributed by atoms with Crippen molar-refractivity contribution >= 4 is 18.1 Å². The van der Waals surface area contributed by atoms with E-state index in [2.05, 4.69) is 20.3 Å². The van der Waals surface area contributed by atoms with E-state index in [4.69, 9.17) is 4.74 Å². The molecule has 178 valence electrons. The molecule has 1 aliphatic carbocycles. The van der Waals surface area contributed by atoms with E-state index in [0.29, 0.717) is 12.4 Å². The van der Waals surface area contributed by atoms with Gasteiger partial charge in [0.1, 0.15) is 11.4 Å². The predicted molar refractivity (Wildman–Crippen MR) is 116 cm³/mol. The minimum atomic E-state index is -4.49. The molecule has 2 aliphatic rings. The molecule has 10 heteroatoms. The highest BCUT2D eigenvalue weighted by Crippen LogP contribution is 2.28. The molecule has 3 atom stereocenters. The number of hydrogen-bond acceptors (Lipinski definition) is 6. The molecule has 1 amide bonds. The Hall–Kier alpha value is -2.23. The van der Waals surface area contributed by atoms with Crippen LogP contribution in [0.5, 0.6) is 0 Å². The van der Waals surface area contributed by atoms with Crippen molar-refractivity contribution in [2.45, 2.75) is 83.2 Å². The first kappa shape index (κ1) is 24.4. The lowest BCUT2D eigenvalue weighted by Crippen LogP contribution is -2.52. The van der Waals surface area contributed by atoms with Crippen molar-refractivity contribution in [1.82, 2.24) is 15.3 Å². The van der Waals surface area contributed by atoms with Crippen molar-refractivity contribution in [2.75, 3.05) is 18.0 Å². The van der Waals surface area contributed by atoms with Gasteiger partial charge in [0.25, 0.3) is 0 Å². The molecule has 1 N–H and O–H groups in total. The van der Waals surface area contributed by atoms with E-state index >= 15 is 0 Å². The van der Waals surface area contributed by atoms with Crippen LogP contribution >= 0.6 is 0 Å². The first-order valence-corrected chi connectivity index (χ1v) is 11.2. The molecule has 3 rings (SSSR count). The van der Waals surface area contributed by atoms with Gasteiger partial charge in [0.2, 0.25) is 0 Å². The third kappa shape index (κ3) is 7.15. The summed E-state index contributed by atoms with van der Waals surface area (Å²) in [7, 11) is 0. The first-order valence-electron chi connectivity index (χ1n) is 11.2. The van der Waals surface area contributed by atoms with Crippen molar-refractivity contribution in [3.05, 3.63) is 18.1 Å². The fraction of sp³-hybridized carbons (Fsp3) is 0.727. The lowest BCUT2D eigenvalue weighted by molar-refractivity contribution is -0.141. The van der Waals surface area contributed by atoms with Gasteiger partial charge < -0.3 is 15.0 Å². The minimum Gasteiger partial charge on any atom is -0.442 e. The van der Waals surface area contributed by atoms with E-state index in [-0.39, 0.29) is 18.0 Å². The van der Waals surface area contributed by atoms with Crippen LogP contribution in [0.3, 0.4) is 0 Å². The smallest absolute Gasteiger partial charge is 0.434 e. The summed E-state index contributed by atoms with van der Waals surface area (Å²) in [5.74, 6) is 0.591. The number of amides is 1. The number of piperidine rings is 1. The Labute approximate surface area is 186 Å². The number of anilines is 1. The van der Waals surface area contributed by atoms with Crippen LogP contribution in [0.4, 0.5) is 23.8 Å². The molecule has 2 heterocycles. The van der Waals surface area contributed by atoms with Gasteiger partial charge in [0, 0.05) is 37.3 Å².